The van der Waals surface area contributed by atoms with Crippen LogP contribution < -0.4 is 10.6 Å². The van der Waals surface area contributed by atoms with Crippen LogP contribution in [0.3, 0.4) is 0 Å². The van der Waals surface area contributed by atoms with E-state index >= 15 is 0 Å². The van der Waals surface area contributed by atoms with Gasteiger partial charge in [-0.3, -0.25) is 4.79 Å². The van der Waals surface area contributed by atoms with Crippen molar-refractivity contribution in [3.8, 4) is 0 Å². The van der Waals surface area contributed by atoms with Crippen LogP contribution in [0.25, 0.3) is 0 Å². The van der Waals surface area contributed by atoms with Crippen molar-refractivity contribution in [1.29, 1.82) is 0 Å². The SMILES string of the molecule is O=C(Nc1ccc(F)c(Cl)c1)c1nn2c(c1Cl)N[C@@H](c1cccs1)C[C@H]2C(F)(F)F. The Labute approximate surface area is 181 Å². The van der Waals surface area contributed by atoms with Crippen LogP contribution in [0.15, 0.2) is 35.7 Å². The van der Waals surface area contributed by atoms with Crippen LogP contribution in [0.4, 0.5) is 29.1 Å². The van der Waals surface area contributed by atoms with Crippen molar-refractivity contribution >= 4 is 52.0 Å². The average Bonchev–Trinajstić information content (AvgIpc) is 3.32. The predicted octanol–water partition coefficient (Wildman–Crippen LogP) is 6.30. The summed E-state index contributed by atoms with van der Waals surface area (Å²) in [6.45, 7) is 0. The predicted molar refractivity (Wildman–Crippen MR) is 107 cm³/mol. The number of thiophene rings is 1. The molecule has 0 fully saturated rings. The van der Waals surface area contributed by atoms with E-state index in [0.29, 0.717) is 9.56 Å². The van der Waals surface area contributed by atoms with Crippen LogP contribution in [0.2, 0.25) is 10.0 Å². The van der Waals surface area contributed by atoms with Crippen LogP contribution in [0.5, 0.6) is 0 Å². The highest BCUT2D eigenvalue weighted by Gasteiger charge is 2.48. The fourth-order valence-corrected chi connectivity index (χ4v) is 4.41. The molecule has 30 heavy (non-hydrogen) atoms. The Morgan fingerprint density at radius 2 is 2.07 bits per heavy atom. The quantitative estimate of drug-likeness (QED) is 0.434. The molecule has 5 nitrogen and oxygen atoms in total. The number of halogens is 6. The molecule has 1 aliphatic rings. The van der Waals surface area contributed by atoms with Gasteiger partial charge in [0, 0.05) is 17.0 Å². The van der Waals surface area contributed by atoms with E-state index in [9.17, 15) is 22.4 Å². The summed E-state index contributed by atoms with van der Waals surface area (Å²) in [6, 6.07) is 4.34. The number of nitrogens with zero attached hydrogens (tertiary/aromatic N) is 2. The van der Waals surface area contributed by atoms with Crippen molar-refractivity contribution in [2.75, 3.05) is 10.6 Å². The van der Waals surface area contributed by atoms with E-state index in [1.807, 2.05) is 0 Å². The fraction of sp³-hybridized carbons (Fsp3) is 0.222. The van der Waals surface area contributed by atoms with Gasteiger partial charge in [-0.1, -0.05) is 29.3 Å². The van der Waals surface area contributed by atoms with Crippen molar-refractivity contribution in [2.24, 2.45) is 0 Å². The Balaban J connectivity index is 1.69. The first-order valence-electron chi connectivity index (χ1n) is 8.56. The minimum atomic E-state index is -4.60. The molecule has 0 aliphatic carbocycles. The van der Waals surface area contributed by atoms with Gasteiger partial charge in [-0.2, -0.15) is 18.3 Å². The van der Waals surface area contributed by atoms with Crippen molar-refractivity contribution in [3.05, 3.63) is 62.1 Å². The number of hydrogen-bond acceptors (Lipinski definition) is 4. The average molecular weight is 479 g/mol. The Hall–Kier alpha value is -2.30. The molecular formula is C18H12Cl2F4N4OS. The standard InChI is InChI=1S/C18H12Cl2F4N4OS/c19-9-6-8(3-4-10(9)21)25-17(29)15-14(20)16-26-11(12-2-1-5-30-12)7-13(18(22,23)24)28(16)27-15/h1-6,11,13,26H,7H2,(H,25,29)/t11-,13+/m1/s1. The summed E-state index contributed by atoms with van der Waals surface area (Å²) in [6.07, 6.45) is -4.90. The monoisotopic (exact) mass is 478 g/mol. The number of rotatable bonds is 3. The molecule has 0 spiro atoms. The van der Waals surface area contributed by atoms with Crippen LogP contribution in [0, 0.1) is 5.82 Å². The molecular weight excluding hydrogens is 467 g/mol. The van der Waals surface area contributed by atoms with Gasteiger partial charge in [-0.25, -0.2) is 9.07 Å². The van der Waals surface area contributed by atoms with Gasteiger partial charge in [0.15, 0.2) is 11.7 Å². The van der Waals surface area contributed by atoms with E-state index in [1.165, 1.54) is 23.5 Å². The summed E-state index contributed by atoms with van der Waals surface area (Å²) >= 11 is 13.2. The minimum absolute atomic E-state index is 0.0917. The second-order valence-electron chi connectivity index (χ2n) is 6.54. The van der Waals surface area contributed by atoms with Crippen LogP contribution >= 0.6 is 34.5 Å². The minimum Gasteiger partial charge on any atom is -0.361 e. The number of amides is 1. The van der Waals surface area contributed by atoms with E-state index in [4.69, 9.17) is 23.2 Å². The topological polar surface area (TPSA) is 59.0 Å². The Morgan fingerprint density at radius 3 is 2.70 bits per heavy atom. The number of fused-ring (bicyclic) bond motifs is 1. The number of benzene rings is 1. The van der Waals surface area contributed by atoms with Gasteiger partial charge in [-0.05, 0) is 29.6 Å². The molecule has 1 aromatic carbocycles. The van der Waals surface area contributed by atoms with Crippen LogP contribution in [-0.4, -0.2) is 21.9 Å². The van der Waals surface area contributed by atoms with Gasteiger partial charge < -0.3 is 10.6 Å². The lowest BCUT2D eigenvalue weighted by molar-refractivity contribution is -0.173. The normalized spacial score (nSPS) is 18.6. The van der Waals surface area contributed by atoms with E-state index in [-0.39, 0.29) is 33.7 Å². The first-order chi connectivity index (χ1) is 14.1. The van der Waals surface area contributed by atoms with E-state index in [2.05, 4.69) is 15.7 Å². The molecule has 0 unspecified atom stereocenters. The lowest BCUT2D eigenvalue weighted by atomic mass is 10.0. The third-order valence-electron chi connectivity index (χ3n) is 4.57. The van der Waals surface area contributed by atoms with Gasteiger partial charge in [0.2, 0.25) is 0 Å². The van der Waals surface area contributed by atoms with Crippen molar-refractivity contribution in [1.82, 2.24) is 9.78 Å². The lowest BCUT2D eigenvalue weighted by Crippen LogP contribution is -2.35. The van der Waals surface area contributed by atoms with Crippen LogP contribution in [-0.2, 0) is 0 Å². The number of aromatic nitrogens is 2. The summed E-state index contributed by atoms with van der Waals surface area (Å²) in [5, 5.41) is 10.5. The second kappa shape index (κ2) is 7.75. The maximum absolute atomic E-state index is 13.7. The number of carbonyl (C=O) groups excluding carboxylic acids is 1. The second-order valence-corrected chi connectivity index (χ2v) is 8.31. The van der Waals surface area contributed by atoms with Gasteiger partial charge in [-0.15, -0.1) is 11.3 Å². The molecule has 0 radical (unpaired) electrons. The summed E-state index contributed by atoms with van der Waals surface area (Å²) in [5.74, 6) is -1.62. The molecule has 0 saturated heterocycles. The molecule has 1 aliphatic heterocycles. The zero-order valence-corrected chi connectivity index (χ0v) is 17.1. The van der Waals surface area contributed by atoms with E-state index in [0.717, 1.165) is 6.07 Å². The van der Waals surface area contributed by atoms with Gasteiger partial charge >= 0.3 is 6.18 Å². The highest BCUT2D eigenvalue weighted by Crippen LogP contribution is 2.46. The number of nitrogens with one attached hydrogen (secondary N) is 2. The molecule has 2 atom stereocenters. The third kappa shape index (κ3) is 3.86. The Morgan fingerprint density at radius 1 is 1.30 bits per heavy atom. The number of anilines is 2. The summed E-state index contributed by atoms with van der Waals surface area (Å²) < 4.78 is 55.2. The molecule has 2 aromatic heterocycles. The van der Waals surface area contributed by atoms with Gasteiger partial charge in [0.25, 0.3) is 5.91 Å². The highest BCUT2D eigenvalue weighted by molar-refractivity contribution is 7.10. The van der Waals surface area contributed by atoms with Crippen molar-refractivity contribution in [3.63, 3.8) is 0 Å². The molecule has 3 heterocycles. The maximum atomic E-state index is 13.7. The van der Waals surface area contributed by atoms with Gasteiger partial charge in [0.1, 0.15) is 16.7 Å². The number of alkyl halides is 3. The first-order valence-corrected chi connectivity index (χ1v) is 10.2. The summed E-state index contributed by atoms with van der Waals surface area (Å²) in [4.78, 5) is 13.3. The maximum Gasteiger partial charge on any atom is 0.410 e. The molecule has 158 valence electrons. The molecule has 0 bridgehead atoms. The number of carbonyl (C=O) groups is 1. The zero-order valence-electron chi connectivity index (χ0n) is 14.8. The third-order valence-corrected chi connectivity index (χ3v) is 6.21. The summed E-state index contributed by atoms with van der Waals surface area (Å²) in [5.41, 5.74) is -0.245. The van der Waals surface area contributed by atoms with E-state index in [1.54, 1.807) is 17.5 Å². The molecule has 12 heteroatoms. The molecule has 1 amide bonds. The summed E-state index contributed by atoms with van der Waals surface area (Å²) in [7, 11) is 0. The smallest absolute Gasteiger partial charge is 0.361 e. The molecule has 4 rings (SSSR count). The van der Waals surface area contributed by atoms with Gasteiger partial charge in [0.05, 0.1) is 11.1 Å². The molecule has 3 aromatic rings. The lowest BCUT2D eigenvalue weighted by Gasteiger charge is -2.32. The first kappa shape index (κ1) is 21.0. The zero-order chi connectivity index (χ0) is 21.6. The van der Waals surface area contributed by atoms with Crippen LogP contribution in [0.1, 0.15) is 33.9 Å². The fourth-order valence-electron chi connectivity index (χ4n) is 3.17. The van der Waals surface area contributed by atoms with Crippen molar-refractivity contribution < 1.29 is 22.4 Å². The molecule has 2 N–H and O–H groups in total. The number of hydrogen-bond donors (Lipinski definition) is 2. The van der Waals surface area contributed by atoms with E-state index < -0.39 is 30.0 Å². The molecule has 0 saturated carbocycles. The van der Waals surface area contributed by atoms with Crippen molar-refractivity contribution in [2.45, 2.75) is 24.7 Å². The Bertz CT molecular complexity index is 1100. The largest absolute Gasteiger partial charge is 0.410 e. The highest BCUT2D eigenvalue weighted by atomic mass is 35.5. The Kier molecular flexibility index (Phi) is 5.41.